The molecule has 3 N–H and O–H groups in total. The van der Waals surface area contributed by atoms with Crippen LogP contribution in [0.15, 0.2) is 56.7 Å². The van der Waals surface area contributed by atoms with E-state index in [-0.39, 0.29) is 34.3 Å². The number of sulfonamides is 2. The van der Waals surface area contributed by atoms with Crippen LogP contribution in [0.1, 0.15) is 55.0 Å². The summed E-state index contributed by atoms with van der Waals surface area (Å²) in [6.07, 6.45) is 4.51. The second kappa shape index (κ2) is 10.5. The molecule has 9 nitrogen and oxygen atoms in total. The van der Waals surface area contributed by atoms with E-state index in [1.54, 1.807) is 50.2 Å². The number of primary sulfonamides is 1. The lowest BCUT2D eigenvalue weighted by Crippen LogP contribution is -2.28. The third-order valence-corrected chi connectivity index (χ3v) is 10.8. The van der Waals surface area contributed by atoms with Crippen LogP contribution in [0.2, 0.25) is 10.0 Å². The number of nitrogens with zero attached hydrogens (tertiary/aromatic N) is 2. The van der Waals surface area contributed by atoms with Gasteiger partial charge in [0.15, 0.2) is 22.7 Å². The first-order chi connectivity index (χ1) is 18.8. The SMILES string of the molecule is Cc1c(Cl)cccc1N(c1cccc(Cl)c1C)S(=O)(=O)c1cc(S(N)(=O)=O)c2oc(C3CCCCC3)nc2c1O. The maximum Gasteiger partial charge on any atom is 0.272 e. The predicted octanol–water partition coefficient (Wildman–Crippen LogP) is 6.68. The number of anilines is 2. The first kappa shape index (κ1) is 28.7. The Kier molecular flexibility index (Phi) is 7.56. The Labute approximate surface area is 242 Å². The Bertz CT molecular complexity index is 1800. The molecule has 4 aromatic rings. The smallest absolute Gasteiger partial charge is 0.272 e. The molecule has 212 valence electrons. The minimum absolute atomic E-state index is 0.0892. The van der Waals surface area contributed by atoms with Gasteiger partial charge in [0.05, 0.1) is 11.4 Å². The van der Waals surface area contributed by atoms with Crippen molar-refractivity contribution in [3.8, 4) is 5.75 Å². The molecule has 13 heteroatoms. The number of aromatic hydroxyl groups is 1. The van der Waals surface area contributed by atoms with E-state index in [2.05, 4.69) is 4.98 Å². The monoisotopic (exact) mass is 623 g/mol. The summed E-state index contributed by atoms with van der Waals surface area (Å²) in [5.41, 5.74) is 0.635. The topological polar surface area (TPSA) is 144 Å². The van der Waals surface area contributed by atoms with Gasteiger partial charge in [-0.25, -0.2) is 31.3 Å². The van der Waals surface area contributed by atoms with Crippen LogP contribution in [-0.2, 0) is 20.0 Å². The van der Waals surface area contributed by atoms with E-state index >= 15 is 0 Å². The fourth-order valence-corrected chi connectivity index (χ4v) is 7.90. The standard InChI is InChI=1S/C27H27Cl2N3O6S2/c1-15-18(28)10-6-12-20(15)32(21-13-7-11-19(29)16(21)2)40(36,37)22-14-23(39(30,34)35)26-24(25(22)33)31-27(38-26)17-8-4-3-5-9-17/h6-7,10-14,17,33H,3-5,8-9H2,1-2H3,(H2,30,34,35). The van der Waals surface area contributed by atoms with Gasteiger partial charge in [-0.1, -0.05) is 54.6 Å². The van der Waals surface area contributed by atoms with E-state index in [1.165, 1.54) is 0 Å². The first-order valence-electron chi connectivity index (χ1n) is 12.6. The van der Waals surface area contributed by atoms with Crippen LogP contribution in [0.3, 0.4) is 0 Å². The molecule has 5 rings (SSSR count). The molecule has 0 aliphatic heterocycles. The van der Waals surface area contributed by atoms with Gasteiger partial charge in [-0.3, -0.25) is 0 Å². The third kappa shape index (κ3) is 4.94. The quantitative estimate of drug-likeness (QED) is 0.244. The minimum Gasteiger partial charge on any atom is -0.504 e. The molecule has 1 aromatic heterocycles. The molecule has 40 heavy (non-hydrogen) atoms. The van der Waals surface area contributed by atoms with E-state index in [9.17, 15) is 21.9 Å². The summed E-state index contributed by atoms with van der Waals surface area (Å²) in [4.78, 5) is 3.08. The molecule has 0 bridgehead atoms. The van der Waals surface area contributed by atoms with Crippen LogP contribution >= 0.6 is 23.2 Å². The number of oxazole rings is 1. The number of phenolic OH excluding ortho intramolecular Hbond substituents is 1. The molecule has 0 spiro atoms. The zero-order valence-electron chi connectivity index (χ0n) is 21.7. The summed E-state index contributed by atoms with van der Waals surface area (Å²) in [7, 11) is -9.24. The molecule has 1 aliphatic rings. The number of halogens is 2. The van der Waals surface area contributed by atoms with Crippen molar-refractivity contribution in [2.24, 2.45) is 5.14 Å². The van der Waals surface area contributed by atoms with E-state index < -0.39 is 35.6 Å². The van der Waals surface area contributed by atoms with Crippen LogP contribution in [0.4, 0.5) is 11.4 Å². The van der Waals surface area contributed by atoms with Crippen LogP contribution in [-0.4, -0.2) is 26.9 Å². The molecule has 0 amide bonds. The van der Waals surface area contributed by atoms with E-state index in [0.717, 1.165) is 42.5 Å². The highest BCUT2D eigenvalue weighted by atomic mass is 35.5. The number of nitrogens with two attached hydrogens (primary N) is 1. The fourth-order valence-electron chi connectivity index (χ4n) is 5.09. The summed E-state index contributed by atoms with van der Waals surface area (Å²) in [6.45, 7) is 3.29. The van der Waals surface area contributed by atoms with Gasteiger partial charge >= 0.3 is 0 Å². The average Bonchev–Trinajstić information content (AvgIpc) is 3.35. The summed E-state index contributed by atoms with van der Waals surface area (Å²) in [6, 6.07) is 10.3. The first-order valence-corrected chi connectivity index (χ1v) is 16.3. The molecule has 3 aromatic carbocycles. The van der Waals surface area contributed by atoms with Crippen molar-refractivity contribution in [2.45, 2.75) is 61.7 Å². The fraction of sp³-hybridized carbons (Fsp3) is 0.296. The Hall–Kier alpha value is -2.83. The second-order valence-corrected chi connectivity index (χ2v) is 14.0. The van der Waals surface area contributed by atoms with E-state index in [1.807, 2.05) is 0 Å². The normalized spacial score (nSPS) is 15.0. The average molecular weight is 625 g/mol. The summed E-state index contributed by atoms with van der Waals surface area (Å²) < 4.78 is 61.2. The van der Waals surface area contributed by atoms with Gasteiger partial charge in [0, 0.05) is 16.0 Å². The van der Waals surface area contributed by atoms with Crippen molar-refractivity contribution in [1.82, 2.24) is 4.98 Å². The van der Waals surface area contributed by atoms with Gasteiger partial charge in [0.1, 0.15) is 9.79 Å². The van der Waals surface area contributed by atoms with Crippen molar-refractivity contribution >= 4 is 65.7 Å². The number of hydrogen-bond acceptors (Lipinski definition) is 7. The van der Waals surface area contributed by atoms with Crippen molar-refractivity contribution < 1.29 is 26.4 Å². The van der Waals surface area contributed by atoms with Crippen LogP contribution in [0.5, 0.6) is 5.75 Å². The van der Waals surface area contributed by atoms with E-state index in [0.29, 0.717) is 21.2 Å². The number of rotatable bonds is 6. The second-order valence-electron chi connectivity index (χ2n) is 9.87. The number of fused-ring (bicyclic) bond motifs is 1. The summed E-state index contributed by atoms with van der Waals surface area (Å²) >= 11 is 12.7. The largest absolute Gasteiger partial charge is 0.504 e. The van der Waals surface area contributed by atoms with Crippen LogP contribution in [0.25, 0.3) is 11.1 Å². The van der Waals surface area contributed by atoms with Gasteiger partial charge in [-0.2, -0.15) is 0 Å². The summed E-state index contributed by atoms with van der Waals surface area (Å²) in [5.74, 6) is -0.607. The van der Waals surface area contributed by atoms with Gasteiger partial charge in [-0.05, 0) is 68.1 Å². The van der Waals surface area contributed by atoms with Crippen molar-refractivity contribution in [2.75, 3.05) is 4.31 Å². The summed E-state index contributed by atoms with van der Waals surface area (Å²) in [5, 5.41) is 17.5. The van der Waals surface area contributed by atoms with Crippen molar-refractivity contribution in [3.63, 3.8) is 0 Å². The number of hydrogen-bond donors (Lipinski definition) is 2. The molecular weight excluding hydrogens is 597 g/mol. The van der Waals surface area contributed by atoms with Gasteiger partial charge < -0.3 is 9.52 Å². The number of phenols is 1. The number of aromatic nitrogens is 1. The maximum absolute atomic E-state index is 14.5. The molecule has 1 fully saturated rings. The highest BCUT2D eigenvalue weighted by Gasteiger charge is 2.36. The van der Waals surface area contributed by atoms with Gasteiger partial charge in [0.25, 0.3) is 10.0 Å². The molecule has 1 saturated carbocycles. The zero-order valence-corrected chi connectivity index (χ0v) is 24.8. The van der Waals surface area contributed by atoms with Crippen molar-refractivity contribution in [3.05, 3.63) is 69.5 Å². The Morgan fingerprint density at radius 3 is 2.00 bits per heavy atom. The molecule has 0 radical (unpaired) electrons. The van der Waals surface area contributed by atoms with Gasteiger partial charge in [-0.15, -0.1) is 0 Å². The molecular formula is C27H27Cl2N3O6S2. The Balaban J connectivity index is 1.82. The highest BCUT2D eigenvalue weighted by Crippen LogP contribution is 2.45. The van der Waals surface area contributed by atoms with Gasteiger partial charge in [0.2, 0.25) is 10.0 Å². The van der Waals surface area contributed by atoms with E-state index in [4.69, 9.17) is 32.8 Å². The molecule has 0 unspecified atom stereocenters. The predicted molar refractivity (Wildman–Crippen MR) is 155 cm³/mol. The van der Waals surface area contributed by atoms with Crippen molar-refractivity contribution in [1.29, 1.82) is 0 Å². The Morgan fingerprint density at radius 1 is 0.925 bits per heavy atom. The molecule has 0 atom stereocenters. The molecule has 0 saturated heterocycles. The van der Waals surface area contributed by atoms with Crippen LogP contribution < -0.4 is 9.44 Å². The lowest BCUT2D eigenvalue weighted by atomic mass is 9.89. The maximum atomic E-state index is 14.5. The lowest BCUT2D eigenvalue weighted by Gasteiger charge is -2.28. The molecule has 1 heterocycles. The zero-order chi connectivity index (χ0) is 29.0. The van der Waals surface area contributed by atoms with Crippen LogP contribution in [0, 0.1) is 13.8 Å². The highest BCUT2D eigenvalue weighted by molar-refractivity contribution is 7.93. The Morgan fingerprint density at radius 2 is 1.48 bits per heavy atom. The third-order valence-electron chi connectivity index (χ3n) is 7.28. The lowest BCUT2D eigenvalue weighted by molar-refractivity contribution is 0.372. The molecule has 1 aliphatic carbocycles. The number of benzene rings is 3. The minimum atomic E-state index is -4.74.